The maximum Gasteiger partial charge on any atom is 0.393 e. The van der Waals surface area contributed by atoms with E-state index in [-0.39, 0.29) is 0 Å². The fourth-order valence-electron chi connectivity index (χ4n) is 1.01. The van der Waals surface area contributed by atoms with Gasteiger partial charge in [-0.05, 0) is 31.7 Å². The van der Waals surface area contributed by atoms with Gasteiger partial charge in [-0.1, -0.05) is 6.58 Å². The molecule has 12 heavy (non-hydrogen) atoms. The Bertz CT molecular complexity index is 160. The average molecular weight is 186 g/mol. The van der Waals surface area contributed by atoms with Crippen molar-refractivity contribution in [3.63, 3.8) is 0 Å². The molecule has 0 aliphatic rings. The molecule has 0 fully saturated rings. The second-order valence-corrected chi connectivity index (χ2v) is 5.69. The van der Waals surface area contributed by atoms with Crippen molar-refractivity contribution in [2.75, 3.05) is 13.2 Å². The van der Waals surface area contributed by atoms with E-state index < -0.39 is 8.56 Å². The first-order chi connectivity index (χ1) is 5.63. The molecule has 0 unspecified atom stereocenters. The Balaban J connectivity index is 4.50. The largest absolute Gasteiger partial charge is 0.393 e. The molecular formula is C9H18O2Si. The molecule has 0 aliphatic carbocycles. The predicted octanol–water partition coefficient (Wildman–Crippen LogP) is 2.34. The van der Waals surface area contributed by atoms with E-state index in [2.05, 4.69) is 13.2 Å². The van der Waals surface area contributed by atoms with E-state index in [1.54, 1.807) is 5.70 Å². The van der Waals surface area contributed by atoms with Crippen LogP contribution >= 0.6 is 0 Å². The summed E-state index contributed by atoms with van der Waals surface area (Å²) in [5.74, 6) is 0. The molecule has 0 saturated carbocycles. The van der Waals surface area contributed by atoms with Gasteiger partial charge in [0.2, 0.25) is 0 Å². The van der Waals surface area contributed by atoms with E-state index in [1.807, 2.05) is 20.8 Å². The molecule has 0 saturated heterocycles. The Kier molecular flexibility index (Phi) is 5.13. The second kappa shape index (κ2) is 5.30. The molecule has 0 heterocycles. The molecule has 0 rings (SSSR count). The monoisotopic (exact) mass is 186 g/mol. The van der Waals surface area contributed by atoms with Gasteiger partial charge in [-0.15, -0.1) is 6.58 Å². The molecule has 2 nitrogen and oxygen atoms in total. The maximum absolute atomic E-state index is 5.58. The number of rotatable bonds is 6. The van der Waals surface area contributed by atoms with Crippen molar-refractivity contribution in [2.24, 2.45) is 0 Å². The summed E-state index contributed by atoms with van der Waals surface area (Å²) in [5.41, 5.74) is 1.78. The highest BCUT2D eigenvalue weighted by Gasteiger charge is 2.34. The highest BCUT2D eigenvalue weighted by atomic mass is 28.4. The van der Waals surface area contributed by atoms with Gasteiger partial charge in [0.05, 0.1) is 0 Å². The van der Waals surface area contributed by atoms with Crippen LogP contribution in [0.1, 0.15) is 20.8 Å². The van der Waals surface area contributed by atoms with E-state index in [0.717, 1.165) is 5.20 Å². The van der Waals surface area contributed by atoms with Gasteiger partial charge in [0.15, 0.2) is 0 Å². The fourth-order valence-corrected chi connectivity index (χ4v) is 3.03. The van der Waals surface area contributed by atoms with Gasteiger partial charge in [-0.2, -0.15) is 0 Å². The predicted molar refractivity (Wildman–Crippen MR) is 54.0 cm³/mol. The van der Waals surface area contributed by atoms with Crippen molar-refractivity contribution in [3.8, 4) is 0 Å². The zero-order chi connectivity index (χ0) is 9.61. The first kappa shape index (κ1) is 11.6. The van der Waals surface area contributed by atoms with Crippen LogP contribution in [0.4, 0.5) is 0 Å². The lowest BCUT2D eigenvalue weighted by Crippen LogP contribution is -2.42. The summed E-state index contributed by atoms with van der Waals surface area (Å²) in [6.45, 7) is 14.7. The van der Waals surface area contributed by atoms with Crippen LogP contribution in [0.15, 0.2) is 24.1 Å². The van der Waals surface area contributed by atoms with Crippen LogP contribution in [0.5, 0.6) is 0 Å². The summed E-state index contributed by atoms with van der Waals surface area (Å²) in [5, 5.41) is 0.959. The molecule has 0 aromatic rings. The highest BCUT2D eigenvalue weighted by Crippen LogP contribution is 2.17. The Morgan fingerprint density at radius 1 is 1.33 bits per heavy atom. The Morgan fingerprint density at radius 3 is 1.92 bits per heavy atom. The second-order valence-electron chi connectivity index (χ2n) is 2.52. The van der Waals surface area contributed by atoms with Crippen molar-refractivity contribution in [3.05, 3.63) is 24.1 Å². The normalized spacial score (nSPS) is 11.2. The van der Waals surface area contributed by atoms with Crippen molar-refractivity contribution in [1.82, 2.24) is 0 Å². The smallest absolute Gasteiger partial charge is 0.389 e. The summed E-state index contributed by atoms with van der Waals surface area (Å²) in [4.78, 5) is 0. The van der Waals surface area contributed by atoms with Gasteiger partial charge < -0.3 is 8.85 Å². The van der Waals surface area contributed by atoms with Gasteiger partial charge in [0.1, 0.15) is 0 Å². The lowest BCUT2D eigenvalue weighted by atomic mass is 10.8. The van der Waals surface area contributed by atoms with Crippen LogP contribution in [0.2, 0.25) is 0 Å². The molecule has 0 amide bonds. The van der Waals surface area contributed by atoms with E-state index >= 15 is 0 Å². The van der Waals surface area contributed by atoms with Gasteiger partial charge in [-0.3, -0.25) is 0 Å². The minimum atomic E-state index is -2.28. The molecular weight excluding hydrogens is 168 g/mol. The maximum atomic E-state index is 5.58. The Hall–Kier alpha value is -0.383. The fraction of sp³-hybridized carbons (Fsp3) is 0.556. The first-order valence-corrected chi connectivity index (χ1v) is 6.09. The van der Waals surface area contributed by atoms with Crippen LogP contribution < -0.4 is 0 Å². The van der Waals surface area contributed by atoms with Crippen LogP contribution in [-0.2, 0) is 8.85 Å². The lowest BCUT2D eigenvalue weighted by Gasteiger charge is -2.26. The summed E-state index contributed by atoms with van der Waals surface area (Å²) in [6.07, 6.45) is 0. The summed E-state index contributed by atoms with van der Waals surface area (Å²) in [7, 11) is -2.28. The summed E-state index contributed by atoms with van der Waals surface area (Å²) in [6, 6.07) is 0. The molecule has 0 bridgehead atoms. The van der Waals surface area contributed by atoms with Crippen molar-refractivity contribution in [2.45, 2.75) is 20.8 Å². The molecule has 0 atom stereocenters. The Morgan fingerprint density at radius 2 is 1.75 bits per heavy atom. The van der Waals surface area contributed by atoms with E-state index in [4.69, 9.17) is 8.85 Å². The average Bonchev–Trinajstić information content (AvgIpc) is 2.03. The van der Waals surface area contributed by atoms with Crippen LogP contribution in [-0.4, -0.2) is 21.8 Å². The molecule has 3 heteroatoms. The van der Waals surface area contributed by atoms with Crippen LogP contribution in [0.3, 0.4) is 0 Å². The summed E-state index contributed by atoms with van der Waals surface area (Å²) < 4.78 is 11.2. The van der Waals surface area contributed by atoms with Gasteiger partial charge >= 0.3 is 8.56 Å². The van der Waals surface area contributed by atoms with Crippen molar-refractivity contribution >= 4 is 8.56 Å². The van der Waals surface area contributed by atoms with Gasteiger partial charge in [-0.25, -0.2) is 0 Å². The lowest BCUT2D eigenvalue weighted by molar-refractivity contribution is 0.203. The minimum Gasteiger partial charge on any atom is -0.389 e. The molecule has 0 aliphatic heterocycles. The zero-order valence-corrected chi connectivity index (χ0v) is 9.22. The molecule has 0 N–H and O–H groups in total. The van der Waals surface area contributed by atoms with E-state index in [0.29, 0.717) is 13.2 Å². The van der Waals surface area contributed by atoms with Crippen molar-refractivity contribution < 1.29 is 8.85 Å². The third-order valence-corrected chi connectivity index (χ3v) is 4.74. The highest BCUT2D eigenvalue weighted by molar-refractivity contribution is 6.79. The van der Waals surface area contributed by atoms with Crippen LogP contribution in [0, 0.1) is 0 Å². The third-order valence-electron chi connectivity index (χ3n) is 1.58. The SMILES string of the molecule is C=C[Si](OCC)(OCC)C(=C)C. The topological polar surface area (TPSA) is 18.5 Å². The van der Waals surface area contributed by atoms with E-state index in [9.17, 15) is 0 Å². The Labute approximate surface area is 76.1 Å². The van der Waals surface area contributed by atoms with Gasteiger partial charge in [0.25, 0.3) is 0 Å². The summed E-state index contributed by atoms with van der Waals surface area (Å²) >= 11 is 0. The minimum absolute atomic E-state index is 0.644. The van der Waals surface area contributed by atoms with E-state index in [1.165, 1.54) is 0 Å². The number of allylic oxidation sites excluding steroid dienone is 1. The van der Waals surface area contributed by atoms with Crippen molar-refractivity contribution in [1.29, 1.82) is 0 Å². The first-order valence-electron chi connectivity index (χ1n) is 4.20. The third kappa shape index (κ3) is 2.59. The number of hydrogen-bond acceptors (Lipinski definition) is 2. The zero-order valence-electron chi connectivity index (χ0n) is 8.22. The number of hydrogen-bond donors (Lipinski definition) is 0. The van der Waals surface area contributed by atoms with Gasteiger partial charge in [0, 0.05) is 13.2 Å². The molecule has 0 radical (unpaired) electrons. The molecule has 0 aromatic carbocycles. The standard InChI is InChI=1S/C9H18O2Si/c1-6-10-12(8-3,9(4)5)11-7-2/h8H,3-4,6-7H2,1-2,5H3. The quantitative estimate of drug-likeness (QED) is 0.593. The van der Waals surface area contributed by atoms with Crippen LogP contribution in [0.25, 0.3) is 0 Å². The molecule has 70 valence electrons. The molecule has 0 aromatic heterocycles. The molecule has 0 spiro atoms.